The molecule has 2 heterocycles. The van der Waals surface area contributed by atoms with E-state index >= 15 is 0 Å². The van der Waals surface area contributed by atoms with Crippen molar-refractivity contribution in [2.75, 3.05) is 5.32 Å². The molecule has 0 radical (unpaired) electrons. The Hall–Kier alpha value is -2.62. The second-order valence-electron chi connectivity index (χ2n) is 4.65. The number of pyridine rings is 1. The molecule has 0 spiro atoms. The molecule has 0 saturated carbocycles. The van der Waals surface area contributed by atoms with Crippen LogP contribution in [0.25, 0.3) is 10.9 Å². The van der Waals surface area contributed by atoms with E-state index in [0.717, 1.165) is 22.4 Å². The van der Waals surface area contributed by atoms with Gasteiger partial charge in [0.15, 0.2) is 5.78 Å². The molecule has 4 nitrogen and oxygen atoms in total. The average Bonchev–Trinajstić information content (AvgIpc) is 2.84. The van der Waals surface area contributed by atoms with Crippen molar-refractivity contribution in [3.63, 3.8) is 0 Å². The van der Waals surface area contributed by atoms with Gasteiger partial charge >= 0.3 is 0 Å². The summed E-state index contributed by atoms with van der Waals surface area (Å²) in [6.45, 7) is 2.16. The van der Waals surface area contributed by atoms with Crippen molar-refractivity contribution in [1.82, 2.24) is 9.97 Å². The van der Waals surface area contributed by atoms with Crippen molar-refractivity contribution >= 4 is 22.5 Å². The first-order valence-electron chi connectivity index (χ1n) is 6.51. The van der Waals surface area contributed by atoms with Crippen LogP contribution in [0.1, 0.15) is 23.0 Å². The van der Waals surface area contributed by atoms with Crippen LogP contribution in [-0.4, -0.2) is 15.8 Å². The summed E-state index contributed by atoms with van der Waals surface area (Å²) in [6.07, 6.45) is 1.76. The third kappa shape index (κ3) is 2.28. The van der Waals surface area contributed by atoms with E-state index in [9.17, 15) is 4.79 Å². The summed E-state index contributed by atoms with van der Waals surface area (Å²) in [5.74, 6) is 0.801. The minimum atomic E-state index is 0.0472. The van der Waals surface area contributed by atoms with Gasteiger partial charge in [0.05, 0.1) is 17.8 Å². The summed E-state index contributed by atoms with van der Waals surface area (Å²) < 4.78 is 0. The summed E-state index contributed by atoms with van der Waals surface area (Å²) in [7, 11) is 0. The Balaban J connectivity index is 1.95. The molecule has 0 aliphatic heterocycles. The van der Waals surface area contributed by atoms with Crippen LogP contribution in [0.2, 0.25) is 0 Å². The molecule has 0 unspecified atom stereocenters. The van der Waals surface area contributed by atoms with Crippen molar-refractivity contribution in [2.24, 2.45) is 0 Å². The minimum absolute atomic E-state index is 0.0472. The predicted molar refractivity (Wildman–Crippen MR) is 79.9 cm³/mol. The van der Waals surface area contributed by atoms with Crippen LogP contribution in [0.4, 0.5) is 5.82 Å². The number of aromatic nitrogens is 2. The molecule has 0 saturated heterocycles. The van der Waals surface area contributed by atoms with E-state index in [0.29, 0.717) is 12.1 Å². The second kappa shape index (κ2) is 5.17. The predicted octanol–water partition coefficient (Wildman–Crippen LogP) is 3.38. The Kier molecular flexibility index (Phi) is 3.21. The summed E-state index contributed by atoms with van der Waals surface area (Å²) in [4.78, 5) is 19.4. The van der Waals surface area contributed by atoms with E-state index in [2.05, 4.69) is 15.3 Å². The molecule has 0 bridgehead atoms. The third-order valence-electron chi connectivity index (χ3n) is 3.23. The number of hydrogen-bond donors (Lipinski definition) is 2. The highest BCUT2D eigenvalue weighted by molar-refractivity contribution is 6.11. The quantitative estimate of drug-likeness (QED) is 0.711. The molecule has 3 rings (SSSR count). The number of nitrogens with zero attached hydrogens (tertiary/aromatic N) is 1. The maximum atomic E-state index is 11.9. The Morgan fingerprint density at radius 3 is 2.75 bits per heavy atom. The smallest absolute Gasteiger partial charge is 0.164 e. The van der Waals surface area contributed by atoms with Gasteiger partial charge in [0.1, 0.15) is 5.82 Å². The van der Waals surface area contributed by atoms with Crippen molar-refractivity contribution < 1.29 is 4.79 Å². The zero-order chi connectivity index (χ0) is 13.9. The number of carbonyl (C=O) groups excluding carboxylic acids is 1. The Morgan fingerprint density at radius 1 is 1.20 bits per heavy atom. The molecule has 3 aromatic rings. The Labute approximate surface area is 116 Å². The van der Waals surface area contributed by atoms with Gasteiger partial charge in [-0.05, 0) is 25.1 Å². The number of aromatic amines is 1. The highest BCUT2D eigenvalue weighted by Crippen LogP contribution is 2.26. The first-order chi connectivity index (χ1) is 9.75. The molecule has 0 aliphatic rings. The van der Waals surface area contributed by atoms with Gasteiger partial charge in [0.2, 0.25) is 0 Å². The second-order valence-corrected chi connectivity index (χ2v) is 4.65. The number of para-hydroxylation sites is 1. The van der Waals surface area contributed by atoms with E-state index in [1.165, 1.54) is 0 Å². The summed E-state index contributed by atoms with van der Waals surface area (Å²) in [5.41, 5.74) is 2.60. The van der Waals surface area contributed by atoms with Gasteiger partial charge in [-0.2, -0.15) is 0 Å². The van der Waals surface area contributed by atoms with Gasteiger partial charge in [-0.1, -0.05) is 24.3 Å². The lowest BCUT2D eigenvalue weighted by atomic mass is 10.1. The van der Waals surface area contributed by atoms with E-state index in [1.54, 1.807) is 13.1 Å². The number of fused-ring (bicyclic) bond motifs is 1. The van der Waals surface area contributed by atoms with Crippen molar-refractivity contribution in [3.05, 3.63) is 59.9 Å². The molecule has 0 atom stereocenters. The van der Waals surface area contributed by atoms with E-state index in [-0.39, 0.29) is 5.78 Å². The zero-order valence-electron chi connectivity index (χ0n) is 11.2. The summed E-state index contributed by atoms with van der Waals surface area (Å²) in [5, 5.41) is 4.21. The van der Waals surface area contributed by atoms with Crippen LogP contribution in [0.15, 0.2) is 48.7 Å². The normalized spacial score (nSPS) is 10.7. The SMILES string of the molecule is CC(=O)c1c(NCc2ccccn2)[nH]c2ccccc12. The molecule has 1 aromatic carbocycles. The molecule has 4 heteroatoms. The van der Waals surface area contributed by atoms with Crippen molar-refractivity contribution in [1.29, 1.82) is 0 Å². The number of nitrogens with one attached hydrogen (secondary N) is 2. The minimum Gasteiger partial charge on any atom is -0.365 e. The number of carbonyl (C=O) groups is 1. The molecule has 20 heavy (non-hydrogen) atoms. The lowest BCUT2D eigenvalue weighted by molar-refractivity contribution is 0.102. The van der Waals surface area contributed by atoms with Crippen LogP contribution >= 0.6 is 0 Å². The third-order valence-corrected chi connectivity index (χ3v) is 3.23. The van der Waals surface area contributed by atoms with Crippen LogP contribution in [0, 0.1) is 0 Å². The molecule has 100 valence electrons. The first-order valence-corrected chi connectivity index (χ1v) is 6.51. The molecule has 0 amide bonds. The fraction of sp³-hybridized carbons (Fsp3) is 0.125. The van der Waals surface area contributed by atoms with E-state index < -0.39 is 0 Å². The van der Waals surface area contributed by atoms with E-state index in [1.807, 2.05) is 42.5 Å². The molecular formula is C16H15N3O. The summed E-state index contributed by atoms with van der Waals surface area (Å²) in [6, 6.07) is 13.6. The Morgan fingerprint density at radius 2 is 2.00 bits per heavy atom. The molecule has 0 aliphatic carbocycles. The molecule has 0 fully saturated rings. The first kappa shape index (κ1) is 12.4. The number of hydrogen-bond acceptors (Lipinski definition) is 3. The zero-order valence-corrected chi connectivity index (χ0v) is 11.2. The number of Topliss-reactive ketones (excluding diaryl/α,β-unsaturated/α-hetero) is 1. The number of rotatable bonds is 4. The largest absolute Gasteiger partial charge is 0.365 e. The lowest BCUT2D eigenvalue weighted by Gasteiger charge is -2.05. The van der Waals surface area contributed by atoms with Gasteiger partial charge in [0, 0.05) is 17.1 Å². The maximum Gasteiger partial charge on any atom is 0.164 e. The van der Waals surface area contributed by atoms with Gasteiger partial charge < -0.3 is 10.3 Å². The van der Waals surface area contributed by atoms with Crippen molar-refractivity contribution in [3.8, 4) is 0 Å². The van der Waals surface area contributed by atoms with Gasteiger partial charge in [-0.3, -0.25) is 9.78 Å². The van der Waals surface area contributed by atoms with Crippen LogP contribution in [0.5, 0.6) is 0 Å². The summed E-state index contributed by atoms with van der Waals surface area (Å²) >= 11 is 0. The van der Waals surface area contributed by atoms with Crippen LogP contribution < -0.4 is 5.32 Å². The molecule has 2 N–H and O–H groups in total. The standard InChI is InChI=1S/C16H15N3O/c1-11(20)15-13-7-2-3-8-14(13)19-16(15)18-10-12-6-4-5-9-17-12/h2-9,18-19H,10H2,1H3. The average molecular weight is 265 g/mol. The number of ketones is 1. The van der Waals surface area contributed by atoms with Crippen LogP contribution in [-0.2, 0) is 6.54 Å². The number of anilines is 1. The number of benzene rings is 1. The topological polar surface area (TPSA) is 57.8 Å². The van der Waals surface area contributed by atoms with Gasteiger partial charge in [0.25, 0.3) is 0 Å². The lowest BCUT2D eigenvalue weighted by Crippen LogP contribution is -2.05. The van der Waals surface area contributed by atoms with Gasteiger partial charge in [-0.25, -0.2) is 0 Å². The highest BCUT2D eigenvalue weighted by atomic mass is 16.1. The fourth-order valence-corrected chi connectivity index (χ4v) is 2.32. The highest BCUT2D eigenvalue weighted by Gasteiger charge is 2.14. The fourth-order valence-electron chi connectivity index (χ4n) is 2.32. The maximum absolute atomic E-state index is 11.9. The Bertz CT molecular complexity index is 747. The van der Waals surface area contributed by atoms with Crippen molar-refractivity contribution in [2.45, 2.75) is 13.5 Å². The molecular weight excluding hydrogens is 250 g/mol. The molecule has 2 aromatic heterocycles. The van der Waals surface area contributed by atoms with E-state index in [4.69, 9.17) is 0 Å². The monoisotopic (exact) mass is 265 g/mol. The number of H-pyrrole nitrogens is 1. The van der Waals surface area contributed by atoms with Gasteiger partial charge in [-0.15, -0.1) is 0 Å². The van der Waals surface area contributed by atoms with Crippen LogP contribution in [0.3, 0.4) is 0 Å².